The lowest BCUT2D eigenvalue weighted by atomic mass is 10.1. The Labute approximate surface area is 89.2 Å². The van der Waals surface area contributed by atoms with E-state index >= 15 is 0 Å². The second kappa shape index (κ2) is 4.77. The zero-order valence-electron chi connectivity index (χ0n) is 9.21. The van der Waals surface area contributed by atoms with Gasteiger partial charge >= 0.3 is 0 Å². The van der Waals surface area contributed by atoms with Gasteiger partial charge in [-0.25, -0.2) is 4.39 Å². The molecule has 0 amide bonds. The van der Waals surface area contributed by atoms with Gasteiger partial charge in [0.15, 0.2) is 5.96 Å². The largest absolute Gasteiger partial charge is 0.370 e. The summed E-state index contributed by atoms with van der Waals surface area (Å²) >= 11 is 0. The average Bonchev–Trinajstić information content (AvgIpc) is 2.21. The fourth-order valence-corrected chi connectivity index (χ4v) is 1.25. The smallest absolute Gasteiger partial charge is 0.188 e. The van der Waals surface area contributed by atoms with Gasteiger partial charge in [0.05, 0.1) is 6.04 Å². The molecule has 0 radical (unpaired) electrons. The molecule has 0 aliphatic heterocycles. The van der Waals surface area contributed by atoms with E-state index in [0.29, 0.717) is 11.5 Å². The van der Waals surface area contributed by atoms with Gasteiger partial charge in [-0.3, -0.25) is 4.99 Å². The SMILES string of the molecule is CN=C(N)NC(C)c1ccc(C)c(F)c1. The van der Waals surface area contributed by atoms with Gasteiger partial charge in [-0.2, -0.15) is 0 Å². The number of hydrogen-bond acceptors (Lipinski definition) is 1. The standard InChI is InChI=1S/C11H16FN3/c1-7-4-5-9(6-10(7)12)8(2)15-11(13)14-3/h4-6,8H,1-3H3,(H3,13,14,15). The van der Waals surface area contributed by atoms with Crippen LogP contribution in [0.1, 0.15) is 24.1 Å². The van der Waals surface area contributed by atoms with E-state index in [0.717, 1.165) is 5.56 Å². The Morgan fingerprint density at radius 2 is 2.20 bits per heavy atom. The average molecular weight is 209 g/mol. The Kier molecular flexibility index (Phi) is 3.66. The van der Waals surface area contributed by atoms with E-state index in [9.17, 15) is 4.39 Å². The quantitative estimate of drug-likeness (QED) is 0.575. The maximum Gasteiger partial charge on any atom is 0.188 e. The van der Waals surface area contributed by atoms with E-state index in [4.69, 9.17) is 5.73 Å². The van der Waals surface area contributed by atoms with Crippen molar-refractivity contribution in [2.75, 3.05) is 7.05 Å². The number of aryl methyl sites for hydroxylation is 1. The summed E-state index contributed by atoms with van der Waals surface area (Å²) in [7, 11) is 1.60. The summed E-state index contributed by atoms with van der Waals surface area (Å²) in [5.74, 6) is 0.150. The van der Waals surface area contributed by atoms with Crippen LogP contribution in [0.2, 0.25) is 0 Å². The molecule has 0 aliphatic carbocycles. The van der Waals surface area contributed by atoms with Crippen LogP contribution in [0.15, 0.2) is 23.2 Å². The predicted molar refractivity (Wildman–Crippen MR) is 60.2 cm³/mol. The lowest BCUT2D eigenvalue weighted by molar-refractivity contribution is 0.609. The first kappa shape index (κ1) is 11.5. The molecule has 1 rings (SSSR count). The van der Waals surface area contributed by atoms with Gasteiger partial charge in [0.2, 0.25) is 0 Å². The minimum absolute atomic E-state index is 0.0520. The fraction of sp³-hybridized carbons (Fsp3) is 0.364. The van der Waals surface area contributed by atoms with Crippen LogP contribution in [0.25, 0.3) is 0 Å². The summed E-state index contributed by atoms with van der Waals surface area (Å²) < 4.78 is 13.3. The fourth-order valence-electron chi connectivity index (χ4n) is 1.25. The Balaban J connectivity index is 2.82. The summed E-state index contributed by atoms with van der Waals surface area (Å²) in [6.45, 7) is 3.64. The number of halogens is 1. The molecule has 15 heavy (non-hydrogen) atoms. The number of guanidine groups is 1. The summed E-state index contributed by atoms with van der Waals surface area (Å²) in [5, 5.41) is 2.95. The van der Waals surface area contributed by atoms with Crippen LogP contribution >= 0.6 is 0 Å². The number of nitrogens with one attached hydrogen (secondary N) is 1. The van der Waals surface area contributed by atoms with E-state index in [1.165, 1.54) is 6.07 Å². The molecule has 3 N–H and O–H groups in total. The van der Waals surface area contributed by atoms with Crippen LogP contribution < -0.4 is 11.1 Å². The molecular weight excluding hydrogens is 193 g/mol. The highest BCUT2D eigenvalue weighted by molar-refractivity contribution is 5.78. The second-order valence-corrected chi connectivity index (χ2v) is 3.48. The molecule has 0 aliphatic rings. The maximum absolute atomic E-state index is 13.3. The first-order chi connectivity index (χ1) is 7.04. The van der Waals surface area contributed by atoms with Gasteiger partial charge in [0.25, 0.3) is 0 Å². The molecule has 3 nitrogen and oxygen atoms in total. The zero-order valence-corrected chi connectivity index (χ0v) is 9.21. The molecular formula is C11H16FN3. The third-order valence-corrected chi connectivity index (χ3v) is 2.30. The van der Waals surface area contributed by atoms with Gasteiger partial charge in [0.1, 0.15) is 5.82 Å². The summed E-state index contributed by atoms with van der Waals surface area (Å²) in [6.07, 6.45) is 0. The third kappa shape index (κ3) is 2.94. The molecule has 0 aromatic heterocycles. The minimum Gasteiger partial charge on any atom is -0.370 e. The van der Waals surface area contributed by atoms with Crippen LogP contribution in [-0.4, -0.2) is 13.0 Å². The molecule has 1 unspecified atom stereocenters. The van der Waals surface area contributed by atoms with E-state index < -0.39 is 0 Å². The summed E-state index contributed by atoms with van der Waals surface area (Å²) in [6, 6.07) is 5.08. The van der Waals surface area contributed by atoms with Gasteiger partial charge < -0.3 is 11.1 Å². The van der Waals surface area contributed by atoms with Crippen molar-refractivity contribution in [3.8, 4) is 0 Å². The topological polar surface area (TPSA) is 50.4 Å². The van der Waals surface area contributed by atoms with Crippen molar-refractivity contribution in [3.05, 3.63) is 35.1 Å². The Hall–Kier alpha value is -1.58. The van der Waals surface area contributed by atoms with Crippen molar-refractivity contribution in [2.24, 2.45) is 10.7 Å². The predicted octanol–water partition coefficient (Wildman–Crippen LogP) is 1.73. The number of benzene rings is 1. The molecule has 0 spiro atoms. The number of nitrogens with two attached hydrogens (primary N) is 1. The van der Waals surface area contributed by atoms with Crippen LogP contribution in [-0.2, 0) is 0 Å². The monoisotopic (exact) mass is 209 g/mol. The second-order valence-electron chi connectivity index (χ2n) is 3.48. The number of hydrogen-bond donors (Lipinski definition) is 2. The van der Waals surface area contributed by atoms with E-state index in [2.05, 4.69) is 10.3 Å². The number of aliphatic imine (C=N–C) groups is 1. The van der Waals surface area contributed by atoms with E-state index in [1.54, 1.807) is 20.0 Å². The lowest BCUT2D eigenvalue weighted by Crippen LogP contribution is -2.33. The van der Waals surface area contributed by atoms with Crippen molar-refractivity contribution >= 4 is 5.96 Å². The van der Waals surface area contributed by atoms with Crippen LogP contribution in [0.3, 0.4) is 0 Å². The molecule has 0 saturated heterocycles. The van der Waals surface area contributed by atoms with E-state index in [1.807, 2.05) is 13.0 Å². The highest BCUT2D eigenvalue weighted by Crippen LogP contribution is 2.15. The first-order valence-electron chi connectivity index (χ1n) is 4.79. The highest BCUT2D eigenvalue weighted by Gasteiger charge is 2.07. The number of rotatable bonds is 2. The molecule has 1 aromatic rings. The number of nitrogens with zero attached hydrogens (tertiary/aromatic N) is 1. The van der Waals surface area contributed by atoms with Gasteiger partial charge in [-0.15, -0.1) is 0 Å². The molecule has 0 fully saturated rings. The van der Waals surface area contributed by atoms with Gasteiger partial charge in [-0.05, 0) is 31.0 Å². The molecule has 0 heterocycles. The molecule has 82 valence electrons. The normalized spacial score (nSPS) is 13.7. The molecule has 0 saturated carbocycles. The summed E-state index contributed by atoms with van der Waals surface area (Å²) in [4.78, 5) is 3.78. The molecule has 4 heteroatoms. The molecule has 1 aromatic carbocycles. The molecule has 1 atom stereocenters. The van der Waals surface area contributed by atoms with Crippen molar-refractivity contribution in [3.63, 3.8) is 0 Å². The van der Waals surface area contributed by atoms with Crippen LogP contribution in [0.5, 0.6) is 0 Å². The maximum atomic E-state index is 13.3. The van der Waals surface area contributed by atoms with Crippen molar-refractivity contribution in [1.29, 1.82) is 0 Å². The van der Waals surface area contributed by atoms with Gasteiger partial charge in [0, 0.05) is 7.05 Å². The zero-order chi connectivity index (χ0) is 11.4. The summed E-state index contributed by atoms with van der Waals surface area (Å²) in [5.41, 5.74) is 7.02. The van der Waals surface area contributed by atoms with Crippen molar-refractivity contribution < 1.29 is 4.39 Å². The Bertz CT molecular complexity index is 374. The minimum atomic E-state index is -0.201. The highest BCUT2D eigenvalue weighted by atomic mass is 19.1. The molecule has 0 bridgehead atoms. The Morgan fingerprint density at radius 3 is 2.73 bits per heavy atom. The van der Waals surface area contributed by atoms with Crippen molar-refractivity contribution in [1.82, 2.24) is 5.32 Å². The lowest BCUT2D eigenvalue weighted by Gasteiger charge is -2.15. The van der Waals surface area contributed by atoms with Crippen LogP contribution in [0, 0.1) is 12.7 Å². The first-order valence-corrected chi connectivity index (χ1v) is 4.79. The van der Waals surface area contributed by atoms with E-state index in [-0.39, 0.29) is 11.9 Å². The van der Waals surface area contributed by atoms with Gasteiger partial charge in [-0.1, -0.05) is 12.1 Å². The third-order valence-electron chi connectivity index (χ3n) is 2.30. The van der Waals surface area contributed by atoms with Crippen molar-refractivity contribution in [2.45, 2.75) is 19.9 Å². The Morgan fingerprint density at radius 1 is 1.53 bits per heavy atom. The van der Waals surface area contributed by atoms with Crippen LogP contribution in [0.4, 0.5) is 4.39 Å².